The average molecular weight is 248 g/mol. The third-order valence-electron chi connectivity index (χ3n) is 4.61. The number of carbonyl (C=O) groups excluding carboxylic acids is 1. The Morgan fingerprint density at radius 2 is 2.28 bits per heavy atom. The maximum Gasteiger partial charge on any atom is 0.225 e. The Bertz CT molecular complexity index is 427. The van der Waals surface area contributed by atoms with Crippen molar-refractivity contribution < 1.29 is 9.21 Å². The molecule has 5 unspecified atom stereocenters. The zero-order valence-electron chi connectivity index (χ0n) is 10.6. The lowest BCUT2D eigenvalue weighted by Gasteiger charge is -2.28. The summed E-state index contributed by atoms with van der Waals surface area (Å²) < 4.78 is 5.30. The smallest absolute Gasteiger partial charge is 0.225 e. The van der Waals surface area contributed by atoms with Crippen molar-refractivity contribution >= 4 is 5.91 Å². The SMILES string of the molecule is CC(NC(=O)C1C2CCC(C2)C1N)c1ccco1. The topological polar surface area (TPSA) is 68.3 Å². The van der Waals surface area contributed by atoms with Crippen molar-refractivity contribution in [1.82, 2.24) is 5.32 Å². The molecule has 2 aliphatic rings. The van der Waals surface area contributed by atoms with E-state index in [1.165, 1.54) is 6.42 Å². The monoisotopic (exact) mass is 248 g/mol. The lowest BCUT2D eigenvalue weighted by molar-refractivity contribution is -0.127. The van der Waals surface area contributed by atoms with Crippen molar-refractivity contribution in [2.24, 2.45) is 23.5 Å². The van der Waals surface area contributed by atoms with E-state index in [4.69, 9.17) is 10.2 Å². The highest BCUT2D eigenvalue weighted by molar-refractivity contribution is 5.80. The molecule has 5 atom stereocenters. The molecule has 3 rings (SSSR count). The molecule has 18 heavy (non-hydrogen) atoms. The number of nitrogens with two attached hydrogens (primary N) is 1. The average Bonchev–Trinajstić information content (AvgIpc) is 3.05. The van der Waals surface area contributed by atoms with E-state index in [1.807, 2.05) is 19.1 Å². The Hall–Kier alpha value is -1.29. The number of carbonyl (C=O) groups is 1. The number of rotatable bonds is 3. The summed E-state index contributed by atoms with van der Waals surface area (Å²) in [6.07, 6.45) is 5.12. The number of furan rings is 1. The molecular weight excluding hydrogens is 228 g/mol. The van der Waals surface area contributed by atoms with E-state index in [-0.39, 0.29) is 23.9 Å². The lowest BCUT2D eigenvalue weighted by atomic mass is 9.84. The number of nitrogens with one attached hydrogen (secondary N) is 1. The first-order valence-corrected chi connectivity index (χ1v) is 6.76. The van der Waals surface area contributed by atoms with Crippen molar-refractivity contribution in [3.63, 3.8) is 0 Å². The molecule has 1 aromatic rings. The normalized spacial score (nSPS) is 35.7. The van der Waals surface area contributed by atoms with Gasteiger partial charge in [-0.25, -0.2) is 0 Å². The molecule has 0 radical (unpaired) electrons. The maximum absolute atomic E-state index is 12.3. The molecule has 4 nitrogen and oxygen atoms in total. The number of hydrogen-bond acceptors (Lipinski definition) is 3. The van der Waals surface area contributed by atoms with Gasteiger partial charge in [0.1, 0.15) is 5.76 Å². The van der Waals surface area contributed by atoms with Crippen LogP contribution in [0.3, 0.4) is 0 Å². The first-order valence-electron chi connectivity index (χ1n) is 6.76. The highest BCUT2D eigenvalue weighted by atomic mass is 16.3. The van der Waals surface area contributed by atoms with Gasteiger partial charge in [-0.2, -0.15) is 0 Å². The fourth-order valence-corrected chi connectivity index (χ4v) is 3.64. The van der Waals surface area contributed by atoms with Gasteiger partial charge < -0.3 is 15.5 Å². The molecular formula is C14H20N2O2. The van der Waals surface area contributed by atoms with Gasteiger partial charge in [0.15, 0.2) is 0 Å². The number of fused-ring (bicyclic) bond motifs is 2. The molecule has 98 valence electrons. The van der Waals surface area contributed by atoms with Gasteiger partial charge >= 0.3 is 0 Å². The van der Waals surface area contributed by atoms with E-state index in [0.717, 1.165) is 18.6 Å². The highest BCUT2D eigenvalue weighted by Gasteiger charge is 2.49. The summed E-state index contributed by atoms with van der Waals surface area (Å²) in [6.45, 7) is 1.94. The van der Waals surface area contributed by atoms with Gasteiger partial charge in [-0.3, -0.25) is 4.79 Å². The maximum atomic E-state index is 12.3. The summed E-state index contributed by atoms with van der Waals surface area (Å²) in [6, 6.07) is 3.68. The van der Waals surface area contributed by atoms with E-state index in [2.05, 4.69) is 5.32 Å². The molecule has 0 aliphatic heterocycles. The van der Waals surface area contributed by atoms with Crippen molar-refractivity contribution in [2.75, 3.05) is 0 Å². The first kappa shape index (κ1) is 11.8. The van der Waals surface area contributed by atoms with Crippen LogP contribution >= 0.6 is 0 Å². The second kappa shape index (κ2) is 4.43. The minimum absolute atomic E-state index is 0.00108. The number of hydrogen-bond donors (Lipinski definition) is 2. The Balaban J connectivity index is 1.65. The van der Waals surface area contributed by atoms with E-state index >= 15 is 0 Å². The molecule has 2 aliphatic carbocycles. The molecule has 1 heterocycles. The van der Waals surface area contributed by atoms with Crippen LogP contribution in [-0.2, 0) is 4.79 Å². The molecule has 0 saturated heterocycles. The van der Waals surface area contributed by atoms with Crippen LogP contribution in [0.15, 0.2) is 22.8 Å². The molecule has 0 spiro atoms. The minimum Gasteiger partial charge on any atom is -0.467 e. The molecule has 2 bridgehead atoms. The van der Waals surface area contributed by atoms with Crippen LogP contribution < -0.4 is 11.1 Å². The standard InChI is InChI=1S/C14H20N2O2/c1-8(11-3-2-6-18-11)16-14(17)12-9-4-5-10(7-9)13(12)15/h2-3,6,8-10,12-13H,4-5,7,15H2,1H3,(H,16,17). The molecule has 4 heteroatoms. The molecule has 2 saturated carbocycles. The third-order valence-corrected chi connectivity index (χ3v) is 4.61. The Morgan fingerprint density at radius 3 is 2.89 bits per heavy atom. The molecule has 2 fully saturated rings. The van der Waals surface area contributed by atoms with Gasteiger partial charge in [-0.1, -0.05) is 0 Å². The summed E-state index contributed by atoms with van der Waals surface area (Å²) in [5, 5.41) is 3.03. The fraction of sp³-hybridized carbons (Fsp3) is 0.643. The largest absolute Gasteiger partial charge is 0.467 e. The van der Waals surface area contributed by atoms with Crippen molar-refractivity contribution in [2.45, 2.75) is 38.3 Å². The molecule has 0 aromatic carbocycles. The number of amides is 1. The van der Waals surface area contributed by atoms with Gasteiger partial charge in [0, 0.05) is 6.04 Å². The Morgan fingerprint density at radius 1 is 1.50 bits per heavy atom. The predicted molar refractivity (Wildman–Crippen MR) is 67.6 cm³/mol. The minimum atomic E-state index is -0.0844. The zero-order valence-corrected chi connectivity index (χ0v) is 10.6. The highest BCUT2D eigenvalue weighted by Crippen LogP contribution is 2.47. The molecule has 1 amide bonds. The second-order valence-corrected chi connectivity index (χ2v) is 5.68. The Labute approximate surface area is 107 Å². The van der Waals surface area contributed by atoms with Gasteiger partial charge in [-0.15, -0.1) is 0 Å². The Kier molecular flexibility index (Phi) is 2.90. The van der Waals surface area contributed by atoms with E-state index < -0.39 is 0 Å². The van der Waals surface area contributed by atoms with Gasteiger partial charge in [-0.05, 0) is 50.2 Å². The quantitative estimate of drug-likeness (QED) is 0.857. The van der Waals surface area contributed by atoms with Crippen LogP contribution in [-0.4, -0.2) is 11.9 Å². The van der Waals surface area contributed by atoms with Crippen LogP contribution in [0.2, 0.25) is 0 Å². The lowest BCUT2D eigenvalue weighted by Crippen LogP contribution is -2.45. The van der Waals surface area contributed by atoms with Crippen LogP contribution in [0.1, 0.15) is 38.0 Å². The van der Waals surface area contributed by atoms with Crippen LogP contribution in [0.25, 0.3) is 0 Å². The fourth-order valence-electron chi connectivity index (χ4n) is 3.64. The third kappa shape index (κ3) is 1.85. The van der Waals surface area contributed by atoms with Gasteiger partial charge in [0.25, 0.3) is 0 Å². The van der Waals surface area contributed by atoms with Crippen molar-refractivity contribution in [3.8, 4) is 0 Å². The molecule has 1 aromatic heterocycles. The van der Waals surface area contributed by atoms with E-state index in [1.54, 1.807) is 6.26 Å². The first-order chi connectivity index (χ1) is 8.66. The zero-order chi connectivity index (χ0) is 12.7. The van der Waals surface area contributed by atoms with Crippen LogP contribution in [0.4, 0.5) is 0 Å². The summed E-state index contributed by atoms with van der Waals surface area (Å²) in [5.74, 6) is 1.94. The predicted octanol–water partition coefficient (Wildman–Crippen LogP) is 1.83. The van der Waals surface area contributed by atoms with Crippen molar-refractivity contribution in [1.29, 1.82) is 0 Å². The molecule has 3 N–H and O–H groups in total. The van der Waals surface area contributed by atoms with Crippen LogP contribution in [0.5, 0.6) is 0 Å². The van der Waals surface area contributed by atoms with Gasteiger partial charge in [0.05, 0.1) is 18.2 Å². The van der Waals surface area contributed by atoms with Gasteiger partial charge in [0.2, 0.25) is 5.91 Å². The second-order valence-electron chi connectivity index (χ2n) is 5.68. The van der Waals surface area contributed by atoms with E-state index in [9.17, 15) is 4.79 Å². The summed E-state index contributed by atoms with van der Waals surface area (Å²) in [4.78, 5) is 12.3. The van der Waals surface area contributed by atoms with E-state index in [0.29, 0.717) is 11.8 Å². The van der Waals surface area contributed by atoms with Crippen molar-refractivity contribution in [3.05, 3.63) is 24.2 Å². The van der Waals surface area contributed by atoms with Crippen LogP contribution in [0, 0.1) is 17.8 Å². The summed E-state index contributed by atoms with van der Waals surface area (Å²) in [7, 11) is 0. The summed E-state index contributed by atoms with van der Waals surface area (Å²) >= 11 is 0. The summed E-state index contributed by atoms with van der Waals surface area (Å²) in [5.41, 5.74) is 6.18.